The summed E-state index contributed by atoms with van der Waals surface area (Å²) in [5.41, 5.74) is -0.634. The minimum atomic E-state index is -0.634. The number of ether oxygens (including phenoxy) is 3. The second kappa shape index (κ2) is 16.5. The molecule has 0 atom stereocenters. The maximum Gasteiger partial charge on any atom is 0.137 e. The third-order valence-corrected chi connectivity index (χ3v) is 4.92. The molecule has 0 aliphatic rings. The highest BCUT2D eigenvalue weighted by atomic mass is 16.5. The van der Waals surface area contributed by atoms with Crippen molar-refractivity contribution >= 4 is 17.3 Å². The quantitative estimate of drug-likeness (QED) is 0.288. The molecule has 0 rings (SSSR count). The van der Waals surface area contributed by atoms with Crippen molar-refractivity contribution in [3.63, 3.8) is 0 Å². The van der Waals surface area contributed by atoms with Crippen LogP contribution in [0.25, 0.3) is 0 Å². The number of nitrogens with one attached hydrogen (secondary N) is 1. The molecule has 0 spiro atoms. The Bertz CT molecular complexity index is 502. The first-order valence-electron chi connectivity index (χ1n) is 11.6. The van der Waals surface area contributed by atoms with Crippen molar-refractivity contribution in [1.82, 2.24) is 5.32 Å². The van der Waals surface area contributed by atoms with Crippen molar-refractivity contribution in [2.24, 2.45) is 11.8 Å². The van der Waals surface area contributed by atoms with Crippen molar-refractivity contribution in [3.8, 4) is 0 Å². The van der Waals surface area contributed by atoms with Crippen LogP contribution in [0.15, 0.2) is 0 Å². The van der Waals surface area contributed by atoms with E-state index < -0.39 is 5.54 Å². The number of hydrogen-bond acceptors (Lipinski definition) is 7. The van der Waals surface area contributed by atoms with Crippen LogP contribution in [-0.4, -0.2) is 68.6 Å². The molecule has 0 saturated heterocycles. The van der Waals surface area contributed by atoms with Crippen molar-refractivity contribution in [3.05, 3.63) is 0 Å². The summed E-state index contributed by atoms with van der Waals surface area (Å²) >= 11 is 0. The Morgan fingerprint density at radius 1 is 0.710 bits per heavy atom. The SMILES string of the molecule is CCC(=O)CCOCC(COCCC(=O)C(C)C)(COCCC(=O)C(C)C)NC(C)C. The number of carbonyl (C=O) groups is 3. The van der Waals surface area contributed by atoms with E-state index in [2.05, 4.69) is 5.32 Å². The van der Waals surface area contributed by atoms with Crippen LogP contribution in [0.1, 0.15) is 74.1 Å². The molecule has 182 valence electrons. The second-order valence-electron chi connectivity index (χ2n) is 9.12. The number of carbonyl (C=O) groups excluding carboxylic acids is 3. The standard InChI is InChI=1S/C24H45NO6/c1-8-21(26)9-12-29-15-24(25-20(6)7,16-30-13-10-22(27)18(2)3)17-31-14-11-23(28)19(4)5/h18-20,25H,8-17H2,1-7H3. The van der Waals surface area contributed by atoms with Gasteiger partial charge in [0.05, 0.1) is 45.2 Å². The fourth-order valence-corrected chi connectivity index (χ4v) is 2.95. The first kappa shape index (κ1) is 29.9. The summed E-state index contributed by atoms with van der Waals surface area (Å²) < 4.78 is 17.5. The van der Waals surface area contributed by atoms with Gasteiger partial charge in [-0.1, -0.05) is 48.5 Å². The van der Waals surface area contributed by atoms with E-state index in [1.807, 2.05) is 48.5 Å². The van der Waals surface area contributed by atoms with E-state index in [0.29, 0.717) is 65.3 Å². The van der Waals surface area contributed by atoms with Crippen LogP contribution in [0, 0.1) is 11.8 Å². The van der Waals surface area contributed by atoms with Crippen LogP contribution in [-0.2, 0) is 28.6 Å². The summed E-state index contributed by atoms with van der Waals surface area (Å²) in [7, 11) is 0. The molecule has 0 unspecified atom stereocenters. The van der Waals surface area contributed by atoms with Gasteiger partial charge in [0.1, 0.15) is 17.3 Å². The molecule has 0 aliphatic carbocycles. The summed E-state index contributed by atoms with van der Waals surface area (Å²) in [5.74, 6) is 0.474. The van der Waals surface area contributed by atoms with Crippen molar-refractivity contribution in [2.75, 3.05) is 39.6 Å². The van der Waals surface area contributed by atoms with Crippen molar-refractivity contribution in [1.29, 1.82) is 0 Å². The Morgan fingerprint density at radius 3 is 1.42 bits per heavy atom. The Hall–Kier alpha value is -1.15. The molecular weight excluding hydrogens is 398 g/mol. The van der Waals surface area contributed by atoms with Crippen molar-refractivity contribution in [2.45, 2.75) is 85.7 Å². The maximum atomic E-state index is 11.9. The average molecular weight is 444 g/mol. The molecule has 0 amide bonds. The van der Waals surface area contributed by atoms with Gasteiger partial charge in [-0.15, -0.1) is 0 Å². The van der Waals surface area contributed by atoms with Crippen LogP contribution in [0.3, 0.4) is 0 Å². The number of rotatable bonds is 20. The lowest BCUT2D eigenvalue weighted by Crippen LogP contribution is -2.59. The third kappa shape index (κ3) is 14.5. The Morgan fingerprint density at radius 2 is 1.10 bits per heavy atom. The maximum absolute atomic E-state index is 11.9. The molecule has 1 N–H and O–H groups in total. The molecule has 31 heavy (non-hydrogen) atoms. The monoisotopic (exact) mass is 443 g/mol. The third-order valence-electron chi connectivity index (χ3n) is 4.92. The fraction of sp³-hybridized carbons (Fsp3) is 0.875. The van der Waals surface area contributed by atoms with E-state index in [0.717, 1.165) is 0 Å². The zero-order chi connectivity index (χ0) is 23.9. The normalized spacial score (nSPS) is 12.2. The first-order chi connectivity index (χ1) is 14.5. The van der Waals surface area contributed by atoms with Gasteiger partial charge in [0.2, 0.25) is 0 Å². The van der Waals surface area contributed by atoms with E-state index in [4.69, 9.17) is 14.2 Å². The highest BCUT2D eigenvalue weighted by Crippen LogP contribution is 2.12. The van der Waals surface area contributed by atoms with E-state index in [-0.39, 0.29) is 35.2 Å². The zero-order valence-electron chi connectivity index (χ0n) is 20.8. The van der Waals surface area contributed by atoms with Crippen LogP contribution in [0.4, 0.5) is 0 Å². The number of ketones is 3. The molecule has 0 aromatic heterocycles. The summed E-state index contributed by atoms with van der Waals surface area (Å²) in [6.07, 6.45) is 1.61. The molecule has 0 heterocycles. The molecule has 0 aliphatic heterocycles. The van der Waals surface area contributed by atoms with Gasteiger partial charge in [0, 0.05) is 43.6 Å². The predicted octanol–water partition coefficient (Wildman–Crippen LogP) is 3.37. The number of hydrogen-bond donors (Lipinski definition) is 1. The second-order valence-corrected chi connectivity index (χ2v) is 9.12. The highest BCUT2D eigenvalue weighted by molar-refractivity contribution is 5.80. The minimum absolute atomic E-state index is 0.0107. The van der Waals surface area contributed by atoms with Crippen LogP contribution in [0.2, 0.25) is 0 Å². The van der Waals surface area contributed by atoms with Crippen LogP contribution >= 0.6 is 0 Å². The molecule has 0 aromatic rings. The largest absolute Gasteiger partial charge is 0.379 e. The Kier molecular flexibility index (Phi) is 15.9. The van der Waals surface area contributed by atoms with Gasteiger partial charge in [-0.2, -0.15) is 0 Å². The van der Waals surface area contributed by atoms with Crippen LogP contribution < -0.4 is 5.32 Å². The lowest BCUT2D eigenvalue weighted by atomic mass is 10.0. The Balaban J connectivity index is 4.97. The van der Waals surface area contributed by atoms with Gasteiger partial charge in [0.25, 0.3) is 0 Å². The smallest absolute Gasteiger partial charge is 0.137 e. The van der Waals surface area contributed by atoms with Gasteiger partial charge < -0.3 is 19.5 Å². The van der Waals surface area contributed by atoms with Gasteiger partial charge in [-0.05, 0) is 0 Å². The summed E-state index contributed by atoms with van der Waals surface area (Å²) in [5, 5.41) is 3.49. The topological polar surface area (TPSA) is 90.9 Å². The van der Waals surface area contributed by atoms with Crippen LogP contribution in [0.5, 0.6) is 0 Å². The molecule has 0 aromatic carbocycles. The predicted molar refractivity (Wildman–Crippen MR) is 122 cm³/mol. The lowest BCUT2D eigenvalue weighted by Gasteiger charge is -2.36. The minimum Gasteiger partial charge on any atom is -0.379 e. The number of Topliss-reactive ketones (excluding diaryl/α,β-unsaturated/α-hetero) is 3. The molecule has 0 fully saturated rings. The molecule has 0 bridgehead atoms. The van der Waals surface area contributed by atoms with Gasteiger partial charge in [0.15, 0.2) is 0 Å². The fourth-order valence-electron chi connectivity index (χ4n) is 2.95. The molecular formula is C24H45NO6. The average Bonchev–Trinajstić information content (AvgIpc) is 2.70. The van der Waals surface area contributed by atoms with Gasteiger partial charge in [-0.25, -0.2) is 0 Å². The van der Waals surface area contributed by atoms with E-state index >= 15 is 0 Å². The van der Waals surface area contributed by atoms with Gasteiger partial charge >= 0.3 is 0 Å². The Labute approximate surface area is 189 Å². The summed E-state index contributed by atoms with van der Waals surface area (Å²) in [4.78, 5) is 35.3. The zero-order valence-corrected chi connectivity index (χ0v) is 20.8. The summed E-state index contributed by atoms with van der Waals surface area (Å²) in [6, 6.07) is 0.141. The first-order valence-corrected chi connectivity index (χ1v) is 11.6. The van der Waals surface area contributed by atoms with E-state index in [1.54, 1.807) is 0 Å². The molecule has 0 saturated carbocycles. The van der Waals surface area contributed by atoms with E-state index in [9.17, 15) is 14.4 Å². The molecule has 0 radical (unpaired) electrons. The summed E-state index contributed by atoms with van der Waals surface area (Å²) in [6.45, 7) is 15.3. The molecule has 7 nitrogen and oxygen atoms in total. The molecule has 7 heteroatoms. The van der Waals surface area contributed by atoms with E-state index in [1.165, 1.54) is 0 Å². The highest BCUT2D eigenvalue weighted by Gasteiger charge is 2.32. The van der Waals surface area contributed by atoms with Gasteiger partial charge in [-0.3, -0.25) is 14.4 Å². The van der Waals surface area contributed by atoms with Crippen molar-refractivity contribution < 1.29 is 28.6 Å². The lowest BCUT2D eigenvalue weighted by molar-refractivity contribution is -0.123.